The molecule has 0 amide bonds. The first-order valence-corrected chi connectivity index (χ1v) is 4.21. The number of aliphatic hydroxyl groups is 1. The Balaban J connectivity index is 2.83. The maximum atomic E-state index is 10.6. The summed E-state index contributed by atoms with van der Waals surface area (Å²) in [5, 5.41) is 20.2. The summed E-state index contributed by atoms with van der Waals surface area (Å²) in [5.41, 5.74) is -0.0753. The molecule has 0 saturated carbocycles. The highest BCUT2D eigenvalue weighted by Gasteiger charge is 2.07. The number of rotatable bonds is 4. The Bertz CT molecular complexity index is 398. The zero-order valence-electron chi connectivity index (χ0n) is 7.84. The summed E-state index contributed by atoms with van der Waals surface area (Å²) >= 11 is 0. The zero-order chi connectivity index (χ0) is 11.3. The highest BCUT2D eigenvalue weighted by molar-refractivity contribution is 5.85. The van der Waals surface area contributed by atoms with Crippen molar-refractivity contribution in [1.82, 2.24) is 4.98 Å². The first-order chi connectivity index (χ1) is 7.17. The third-order valence-electron chi connectivity index (χ3n) is 1.67. The fraction of sp³-hybridized carbons (Fsp3) is 0.200. The number of nitrogens with one attached hydrogen (secondary N) is 1. The predicted octanol–water partition coefficient (Wildman–Crippen LogP) is 0.186. The average Bonchev–Trinajstić information content (AvgIpc) is 2.26. The summed E-state index contributed by atoms with van der Waals surface area (Å²) in [6.45, 7) is -0.241. The summed E-state index contributed by atoms with van der Waals surface area (Å²) in [7, 11) is 0. The molecule has 1 atom stereocenters. The van der Waals surface area contributed by atoms with Gasteiger partial charge in [0.05, 0.1) is 6.61 Å². The van der Waals surface area contributed by atoms with Crippen LogP contribution in [0, 0.1) is 12.3 Å². The molecule has 0 fully saturated rings. The Morgan fingerprint density at radius 1 is 1.67 bits per heavy atom. The SMILES string of the molecule is C#CC(CO)Nc1cccc(C(=O)O)n1. The van der Waals surface area contributed by atoms with Gasteiger partial charge in [0.25, 0.3) is 0 Å². The lowest BCUT2D eigenvalue weighted by Crippen LogP contribution is -2.22. The molecule has 1 aromatic rings. The number of hydrogen-bond acceptors (Lipinski definition) is 4. The van der Waals surface area contributed by atoms with E-state index in [0.29, 0.717) is 5.82 Å². The number of anilines is 1. The van der Waals surface area contributed by atoms with Gasteiger partial charge < -0.3 is 15.5 Å². The number of pyridine rings is 1. The van der Waals surface area contributed by atoms with Crippen molar-refractivity contribution in [2.24, 2.45) is 0 Å². The lowest BCUT2D eigenvalue weighted by Gasteiger charge is -2.10. The van der Waals surface area contributed by atoms with E-state index in [-0.39, 0.29) is 12.3 Å². The molecule has 1 aromatic heterocycles. The molecular formula is C10H10N2O3. The van der Waals surface area contributed by atoms with Gasteiger partial charge >= 0.3 is 5.97 Å². The highest BCUT2D eigenvalue weighted by atomic mass is 16.4. The van der Waals surface area contributed by atoms with Gasteiger partial charge in [0.2, 0.25) is 0 Å². The van der Waals surface area contributed by atoms with E-state index in [1.807, 2.05) is 0 Å². The van der Waals surface area contributed by atoms with Gasteiger partial charge in [0, 0.05) is 0 Å². The van der Waals surface area contributed by atoms with Crippen molar-refractivity contribution in [3.63, 3.8) is 0 Å². The van der Waals surface area contributed by atoms with Crippen LogP contribution in [0.25, 0.3) is 0 Å². The van der Waals surface area contributed by atoms with Crippen molar-refractivity contribution < 1.29 is 15.0 Å². The average molecular weight is 206 g/mol. The Labute approximate surface area is 86.8 Å². The number of nitrogens with zero attached hydrogens (tertiary/aromatic N) is 1. The standard InChI is InChI=1S/C10H10N2O3/c1-2-7(6-13)11-9-5-3-4-8(12-9)10(14)15/h1,3-5,7,13H,6H2,(H,11,12)(H,14,15). The van der Waals surface area contributed by atoms with Crippen LogP contribution < -0.4 is 5.32 Å². The summed E-state index contributed by atoms with van der Waals surface area (Å²) in [6.07, 6.45) is 5.11. The lowest BCUT2D eigenvalue weighted by molar-refractivity contribution is 0.0690. The lowest BCUT2D eigenvalue weighted by atomic mass is 10.3. The largest absolute Gasteiger partial charge is 0.477 e. The van der Waals surface area contributed by atoms with E-state index in [0.717, 1.165) is 0 Å². The molecule has 0 aliphatic rings. The number of aromatic carboxylic acids is 1. The Kier molecular flexibility index (Phi) is 3.66. The molecule has 15 heavy (non-hydrogen) atoms. The molecule has 0 aromatic carbocycles. The van der Waals surface area contributed by atoms with Gasteiger partial charge in [0.15, 0.2) is 5.69 Å². The number of carboxylic acid groups (broad SMARTS) is 1. The first kappa shape index (κ1) is 11.0. The second kappa shape index (κ2) is 4.98. The molecule has 0 saturated heterocycles. The number of carbonyl (C=O) groups is 1. The second-order valence-electron chi connectivity index (χ2n) is 2.76. The van der Waals surface area contributed by atoms with Crippen LogP contribution in [0.1, 0.15) is 10.5 Å². The molecule has 0 aliphatic carbocycles. The Hall–Kier alpha value is -2.06. The summed E-state index contributed by atoms with van der Waals surface area (Å²) in [4.78, 5) is 14.4. The van der Waals surface area contributed by atoms with Gasteiger partial charge in [-0.2, -0.15) is 0 Å². The Morgan fingerprint density at radius 2 is 2.40 bits per heavy atom. The number of aliphatic hydroxyl groups excluding tert-OH is 1. The Morgan fingerprint density at radius 3 is 2.93 bits per heavy atom. The normalized spacial score (nSPS) is 11.5. The molecule has 3 N–H and O–H groups in total. The van der Waals surface area contributed by atoms with Crippen LogP contribution in [-0.4, -0.2) is 33.8 Å². The second-order valence-corrected chi connectivity index (χ2v) is 2.76. The smallest absolute Gasteiger partial charge is 0.354 e. The van der Waals surface area contributed by atoms with Gasteiger partial charge in [-0.15, -0.1) is 6.42 Å². The van der Waals surface area contributed by atoms with Crippen LogP contribution in [0.2, 0.25) is 0 Å². The van der Waals surface area contributed by atoms with Crippen molar-refractivity contribution in [3.8, 4) is 12.3 Å². The van der Waals surface area contributed by atoms with Crippen LogP contribution >= 0.6 is 0 Å². The van der Waals surface area contributed by atoms with Gasteiger partial charge in [0.1, 0.15) is 11.9 Å². The molecule has 1 heterocycles. The summed E-state index contributed by atoms with van der Waals surface area (Å²) in [6, 6.07) is 3.93. The topological polar surface area (TPSA) is 82.5 Å². The molecule has 5 heteroatoms. The minimum absolute atomic E-state index is 0.0753. The quantitative estimate of drug-likeness (QED) is 0.612. The molecule has 1 rings (SSSR count). The number of carboxylic acids is 1. The van der Waals surface area contributed by atoms with Gasteiger partial charge in [-0.05, 0) is 12.1 Å². The van der Waals surface area contributed by atoms with Crippen molar-refractivity contribution in [1.29, 1.82) is 0 Å². The van der Waals surface area contributed by atoms with Crippen molar-refractivity contribution in [3.05, 3.63) is 23.9 Å². The van der Waals surface area contributed by atoms with E-state index >= 15 is 0 Å². The molecule has 1 unspecified atom stereocenters. The summed E-state index contributed by atoms with van der Waals surface area (Å²) < 4.78 is 0. The monoisotopic (exact) mass is 206 g/mol. The van der Waals surface area contributed by atoms with E-state index in [4.69, 9.17) is 16.6 Å². The van der Waals surface area contributed by atoms with Crippen LogP contribution in [-0.2, 0) is 0 Å². The minimum Gasteiger partial charge on any atom is -0.477 e. The maximum Gasteiger partial charge on any atom is 0.354 e. The van der Waals surface area contributed by atoms with Gasteiger partial charge in [-0.25, -0.2) is 9.78 Å². The van der Waals surface area contributed by atoms with Crippen LogP contribution in [0.4, 0.5) is 5.82 Å². The predicted molar refractivity (Wildman–Crippen MR) is 54.5 cm³/mol. The number of aromatic nitrogens is 1. The van der Waals surface area contributed by atoms with E-state index in [1.165, 1.54) is 6.07 Å². The number of hydrogen-bond donors (Lipinski definition) is 3. The fourth-order valence-corrected chi connectivity index (χ4v) is 0.953. The molecule has 5 nitrogen and oxygen atoms in total. The fourth-order valence-electron chi connectivity index (χ4n) is 0.953. The molecule has 78 valence electrons. The summed E-state index contributed by atoms with van der Waals surface area (Å²) in [5.74, 6) is 1.51. The van der Waals surface area contributed by atoms with E-state index < -0.39 is 12.0 Å². The third-order valence-corrected chi connectivity index (χ3v) is 1.67. The van der Waals surface area contributed by atoms with Gasteiger partial charge in [-0.1, -0.05) is 12.0 Å². The van der Waals surface area contributed by atoms with E-state index in [1.54, 1.807) is 12.1 Å². The zero-order valence-corrected chi connectivity index (χ0v) is 7.84. The molecule has 0 bridgehead atoms. The highest BCUT2D eigenvalue weighted by Crippen LogP contribution is 2.06. The van der Waals surface area contributed by atoms with E-state index in [9.17, 15) is 4.79 Å². The first-order valence-electron chi connectivity index (χ1n) is 4.21. The van der Waals surface area contributed by atoms with Crippen molar-refractivity contribution >= 4 is 11.8 Å². The van der Waals surface area contributed by atoms with Crippen LogP contribution in [0.3, 0.4) is 0 Å². The van der Waals surface area contributed by atoms with Crippen LogP contribution in [0.15, 0.2) is 18.2 Å². The van der Waals surface area contributed by atoms with Crippen molar-refractivity contribution in [2.45, 2.75) is 6.04 Å². The number of terminal acetylenes is 1. The maximum absolute atomic E-state index is 10.6. The molecular weight excluding hydrogens is 196 g/mol. The molecule has 0 radical (unpaired) electrons. The third kappa shape index (κ3) is 2.97. The molecule has 0 spiro atoms. The van der Waals surface area contributed by atoms with Gasteiger partial charge in [-0.3, -0.25) is 0 Å². The van der Waals surface area contributed by atoms with E-state index in [2.05, 4.69) is 16.2 Å². The van der Waals surface area contributed by atoms with Crippen LogP contribution in [0.5, 0.6) is 0 Å². The minimum atomic E-state index is -1.11. The molecule has 0 aliphatic heterocycles. The van der Waals surface area contributed by atoms with Crippen molar-refractivity contribution in [2.75, 3.05) is 11.9 Å².